The summed E-state index contributed by atoms with van der Waals surface area (Å²) in [6.45, 7) is 0.278. The van der Waals surface area contributed by atoms with E-state index in [1.54, 1.807) is 7.11 Å². The summed E-state index contributed by atoms with van der Waals surface area (Å²) in [4.78, 5) is 12.0. The third-order valence-electron chi connectivity index (χ3n) is 3.02. The molecular formula is C14H16N2O4S2. The highest BCUT2D eigenvalue weighted by Crippen LogP contribution is 2.19. The van der Waals surface area contributed by atoms with Crippen LogP contribution in [-0.4, -0.2) is 28.0 Å². The zero-order valence-electron chi connectivity index (χ0n) is 11.9. The van der Waals surface area contributed by atoms with E-state index in [0.717, 1.165) is 16.9 Å². The molecule has 0 aliphatic carbocycles. The number of benzene rings is 1. The third kappa shape index (κ3) is 4.14. The van der Waals surface area contributed by atoms with Gasteiger partial charge in [0.15, 0.2) is 0 Å². The van der Waals surface area contributed by atoms with Crippen LogP contribution in [0, 0.1) is 0 Å². The number of thiophene rings is 1. The van der Waals surface area contributed by atoms with E-state index in [4.69, 9.17) is 9.88 Å². The fraction of sp³-hybridized carbons (Fsp3) is 0.214. The Balaban J connectivity index is 2.01. The summed E-state index contributed by atoms with van der Waals surface area (Å²) in [6.07, 6.45) is -0.276. The molecule has 0 saturated heterocycles. The van der Waals surface area contributed by atoms with Crippen molar-refractivity contribution in [3.63, 3.8) is 0 Å². The lowest BCUT2D eigenvalue weighted by Gasteiger charge is -2.16. The molecule has 1 aromatic heterocycles. The first-order valence-electron chi connectivity index (χ1n) is 6.39. The monoisotopic (exact) mass is 340 g/mol. The lowest BCUT2D eigenvalue weighted by Crippen LogP contribution is -2.28. The van der Waals surface area contributed by atoms with Crippen molar-refractivity contribution in [1.29, 1.82) is 0 Å². The van der Waals surface area contributed by atoms with Crippen LogP contribution in [0.5, 0.6) is 0 Å². The van der Waals surface area contributed by atoms with Gasteiger partial charge in [-0.25, -0.2) is 13.6 Å². The number of nitrogens with one attached hydrogen (secondary N) is 1. The maximum atomic E-state index is 12.0. The molecule has 2 rings (SSSR count). The number of carbonyl (C=O) groups excluding carboxylic acids is 1. The van der Waals surface area contributed by atoms with Crippen LogP contribution in [0.3, 0.4) is 0 Å². The second-order valence-corrected chi connectivity index (χ2v) is 7.24. The molecule has 1 aromatic carbocycles. The molecule has 3 N–H and O–H groups in total. The van der Waals surface area contributed by atoms with Crippen molar-refractivity contribution in [3.8, 4) is 0 Å². The second kappa shape index (κ2) is 7.01. The number of methoxy groups -OCH3 is 1. The molecule has 0 aliphatic rings. The number of sulfonamides is 1. The van der Waals surface area contributed by atoms with Gasteiger partial charge in [0.1, 0.15) is 4.21 Å². The van der Waals surface area contributed by atoms with Crippen LogP contribution < -0.4 is 10.5 Å². The topological polar surface area (TPSA) is 98.5 Å². The van der Waals surface area contributed by atoms with Gasteiger partial charge in [-0.1, -0.05) is 30.3 Å². The first-order valence-corrected chi connectivity index (χ1v) is 8.81. The molecule has 8 heteroatoms. The summed E-state index contributed by atoms with van der Waals surface area (Å²) in [5.41, 5.74) is 1.21. The lowest BCUT2D eigenvalue weighted by atomic mass is 10.1. The van der Waals surface area contributed by atoms with Gasteiger partial charge in [0.2, 0.25) is 10.0 Å². The molecule has 1 atom stereocenters. The number of primary sulfonamides is 1. The summed E-state index contributed by atoms with van der Waals surface area (Å²) in [6, 6.07) is 10.8. The number of amides is 1. The number of hydrogen-bond acceptors (Lipinski definition) is 5. The Labute approximate surface area is 133 Å². The minimum Gasteiger partial charge on any atom is -0.375 e. The molecule has 2 aromatic rings. The average Bonchev–Trinajstić information content (AvgIpc) is 2.99. The van der Waals surface area contributed by atoms with E-state index in [2.05, 4.69) is 5.32 Å². The third-order valence-corrected chi connectivity index (χ3v) is 5.41. The van der Waals surface area contributed by atoms with Crippen LogP contribution in [-0.2, 0) is 14.8 Å². The van der Waals surface area contributed by atoms with E-state index in [1.807, 2.05) is 30.3 Å². The van der Waals surface area contributed by atoms with Crippen LogP contribution in [0.25, 0.3) is 0 Å². The minimum atomic E-state index is -3.78. The number of carbonyl (C=O) groups is 1. The number of hydrogen-bond donors (Lipinski definition) is 2. The number of ether oxygens (including phenoxy) is 1. The fourth-order valence-electron chi connectivity index (χ4n) is 1.88. The summed E-state index contributed by atoms with van der Waals surface area (Å²) in [5.74, 6) is -0.371. The van der Waals surface area contributed by atoms with E-state index in [1.165, 1.54) is 11.4 Å². The number of rotatable bonds is 6. The molecule has 1 unspecified atom stereocenters. The molecule has 0 bridgehead atoms. The van der Waals surface area contributed by atoms with Gasteiger partial charge in [-0.15, -0.1) is 11.3 Å². The summed E-state index contributed by atoms with van der Waals surface area (Å²) >= 11 is 0.916. The molecule has 0 fully saturated rings. The summed E-state index contributed by atoms with van der Waals surface area (Å²) in [5, 5.41) is 9.20. The van der Waals surface area contributed by atoms with Gasteiger partial charge in [0.25, 0.3) is 5.91 Å². The van der Waals surface area contributed by atoms with Crippen LogP contribution >= 0.6 is 11.3 Å². The molecule has 0 radical (unpaired) electrons. The van der Waals surface area contributed by atoms with Gasteiger partial charge >= 0.3 is 0 Å². The van der Waals surface area contributed by atoms with Gasteiger partial charge in [-0.2, -0.15) is 0 Å². The maximum Gasteiger partial charge on any atom is 0.252 e. The van der Waals surface area contributed by atoms with Crippen molar-refractivity contribution < 1.29 is 17.9 Å². The molecule has 1 heterocycles. The fourth-order valence-corrected chi connectivity index (χ4v) is 3.46. The van der Waals surface area contributed by atoms with Gasteiger partial charge in [0.05, 0.1) is 11.7 Å². The molecule has 6 nitrogen and oxygen atoms in total. The molecule has 1 amide bonds. The van der Waals surface area contributed by atoms with Crippen LogP contribution in [0.2, 0.25) is 0 Å². The molecular weight excluding hydrogens is 324 g/mol. The van der Waals surface area contributed by atoms with Crippen molar-refractivity contribution in [2.75, 3.05) is 13.7 Å². The Morgan fingerprint density at radius 1 is 1.36 bits per heavy atom. The van der Waals surface area contributed by atoms with Gasteiger partial charge in [0, 0.05) is 19.0 Å². The van der Waals surface area contributed by atoms with Crippen molar-refractivity contribution in [3.05, 3.63) is 52.9 Å². The highest BCUT2D eigenvalue weighted by atomic mass is 32.2. The van der Waals surface area contributed by atoms with Gasteiger partial charge in [-0.05, 0) is 11.6 Å². The Kier molecular flexibility index (Phi) is 5.30. The Morgan fingerprint density at radius 3 is 2.59 bits per heavy atom. The smallest absolute Gasteiger partial charge is 0.252 e. The molecule has 22 heavy (non-hydrogen) atoms. The predicted molar refractivity (Wildman–Crippen MR) is 84.2 cm³/mol. The van der Waals surface area contributed by atoms with E-state index >= 15 is 0 Å². The SMILES string of the molecule is COC(CNC(=O)c1csc(S(N)(=O)=O)c1)c1ccccc1. The van der Waals surface area contributed by atoms with Crippen molar-refractivity contribution >= 4 is 27.3 Å². The highest BCUT2D eigenvalue weighted by molar-refractivity contribution is 7.91. The zero-order chi connectivity index (χ0) is 16.2. The first-order chi connectivity index (χ1) is 10.4. The Morgan fingerprint density at radius 2 is 2.05 bits per heavy atom. The van der Waals surface area contributed by atoms with Crippen LogP contribution in [0.1, 0.15) is 22.0 Å². The van der Waals surface area contributed by atoms with Crippen molar-refractivity contribution in [1.82, 2.24) is 5.32 Å². The van der Waals surface area contributed by atoms with E-state index in [-0.39, 0.29) is 28.3 Å². The minimum absolute atomic E-state index is 0.0380. The van der Waals surface area contributed by atoms with Crippen LogP contribution in [0.15, 0.2) is 46.0 Å². The summed E-state index contributed by atoms with van der Waals surface area (Å²) in [7, 11) is -2.22. The van der Waals surface area contributed by atoms with Crippen molar-refractivity contribution in [2.24, 2.45) is 5.14 Å². The highest BCUT2D eigenvalue weighted by Gasteiger charge is 2.17. The Bertz CT molecular complexity index is 741. The summed E-state index contributed by atoms with van der Waals surface area (Å²) < 4.78 is 27.7. The quantitative estimate of drug-likeness (QED) is 0.833. The molecule has 0 spiro atoms. The zero-order valence-corrected chi connectivity index (χ0v) is 13.5. The van der Waals surface area contributed by atoms with E-state index in [9.17, 15) is 13.2 Å². The average molecular weight is 340 g/mol. The normalized spacial score (nSPS) is 12.8. The Hall–Kier alpha value is -1.74. The van der Waals surface area contributed by atoms with E-state index in [0.29, 0.717) is 0 Å². The molecule has 0 saturated carbocycles. The maximum absolute atomic E-state index is 12.0. The molecule has 0 aliphatic heterocycles. The molecule has 118 valence electrons. The van der Waals surface area contributed by atoms with E-state index < -0.39 is 10.0 Å². The standard InChI is InChI=1S/C14H16N2O4S2/c1-20-12(10-5-3-2-4-6-10)8-16-14(17)11-7-13(21-9-11)22(15,18)19/h2-7,9,12H,8H2,1H3,(H,16,17)(H2,15,18,19). The lowest BCUT2D eigenvalue weighted by molar-refractivity contribution is 0.0828. The van der Waals surface area contributed by atoms with Gasteiger partial charge < -0.3 is 10.1 Å². The van der Waals surface area contributed by atoms with Crippen molar-refractivity contribution in [2.45, 2.75) is 10.3 Å². The largest absolute Gasteiger partial charge is 0.375 e. The predicted octanol–water partition coefficient (Wildman–Crippen LogP) is 1.51. The first kappa shape index (κ1) is 16.6. The second-order valence-electron chi connectivity index (χ2n) is 4.54. The van der Waals surface area contributed by atoms with Gasteiger partial charge in [-0.3, -0.25) is 4.79 Å². The number of nitrogens with two attached hydrogens (primary N) is 1. The van der Waals surface area contributed by atoms with Crippen LogP contribution in [0.4, 0.5) is 0 Å².